The van der Waals surface area contributed by atoms with Crippen molar-refractivity contribution < 1.29 is 19.1 Å². The van der Waals surface area contributed by atoms with Crippen LogP contribution in [0, 0.1) is 5.41 Å². The number of carbonyl (C=O) groups excluding carboxylic acids is 2. The highest BCUT2D eigenvalue weighted by Gasteiger charge is 2.50. The lowest BCUT2D eigenvalue weighted by Crippen LogP contribution is -2.43. The summed E-state index contributed by atoms with van der Waals surface area (Å²) in [5, 5.41) is 0. The van der Waals surface area contributed by atoms with Crippen molar-refractivity contribution >= 4 is 17.7 Å². The van der Waals surface area contributed by atoms with Crippen molar-refractivity contribution in [2.45, 2.75) is 25.4 Å². The summed E-state index contributed by atoms with van der Waals surface area (Å²) in [4.78, 5) is 32.6. The number of morpholine rings is 1. The van der Waals surface area contributed by atoms with E-state index in [2.05, 4.69) is 14.8 Å². The molecule has 1 aromatic rings. The number of nitrogens with two attached hydrogens (primary N) is 1. The molecule has 1 unspecified atom stereocenters. The van der Waals surface area contributed by atoms with Gasteiger partial charge in [0, 0.05) is 45.3 Å². The van der Waals surface area contributed by atoms with Gasteiger partial charge in [0.05, 0.1) is 24.2 Å². The number of piperidine rings is 1. The highest BCUT2D eigenvalue weighted by molar-refractivity contribution is 5.92. The highest BCUT2D eigenvalue weighted by Crippen LogP contribution is 2.43. The molecule has 27 heavy (non-hydrogen) atoms. The van der Waals surface area contributed by atoms with E-state index >= 15 is 0 Å². The van der Waals surface area contributed by atoms with Gasteiger partial charge in [0.2, 0.25) is 5.91 Å². The molecule has 8 nitrogen and oxygen atoms in total. The Balaban J connectivity index is 1.34. The van der Waals surface area contributed by atoms with Crippen molar-refractivity contribution in [1.82, 2.24) is 9.88 Å². The van der Waals surface area contributed by atoms with Gasteiger partial charge in [0.25, 0.3) is 0 Å². The van der Waals surface area contributed by atoms with Crippen LogP contribution in [-0.2, 0) is 14.3 Å². The summed E-state index contributed by atoms with van der Waals surface area (Å²) >= 11 is 0. The first-order chi connectivity index (χ1) is 13.1. The number of pyridine rings is 1. The van der Waals surface area contributed by atoms with Gasteiger partial charge in [-0.3, -0.25) is 14.5 Å². The van der Waals surface area contributed by atoms with E-state index in [1.807, 2.05) is 6.07 Å². The Morgan fingerprint density at radius 3 is 2.59 bits per heavy atom. The van der Waals surface area contributed by atoms with E-state index in [0.29, 0.717) is 5.56 Å². The van der Waals surface area contributed by atoms with Crippen LogP contribution in [0.2, 0.25) is 0 Å². The Kier molecular flexibility index (Phi) is 5.01. The Morgan fingerprint density at radius 1 is 1.22 bits per heavy atom. The Bertz CT molecular complexity index is 694. The minimum Gasteiger partial charge on any atom is -0.461 e. The fourth-order valence-corrected chi connectivity index (χ4v) is 4.30. The third-order valence-corrected chi connectivity index (χ3v) is 5.97. The largest absolute Gasteiger partial charge is 0.461 e. The van der Waals surface area contributed by atoms with Gasteiger partial charge in [-0.05, 0) is 25.0 Å². The lowest BCUT2D eigenvalue weighted by Gasteiger charge is -2.37. The van der Waals surface area contributed by atoms with E-state index in [1.165, 1.54) is 6.20 Å². The molecular formula is C19H26N4O4. The van der Waals surface area contributed by atoms with Gasteiger partial charge in [0.1, 0.15) is 11.9 Å². The van der Waals surface area contributed by atoms with E-state index in [-0.39, 0.29) is 17.5 Å². The van der Waals surface area contributed by atoms with Crippen LogP contribution < -0.4 is 10.6 Å². The maximum Gasteiger partial charge on any atom is 0.312 e. The maximum absolute atomic E-state index is 12.6. The van der Waals surface area contributed by atoms with Crippen LogP contribution in [0.3, 0.4) is 0 Å². The van der Waals surface area contributed by atoms with Gasteiger partial charge >= 0.3 is 5.97 Å². The average Bonchev–Trinajstić information content (AvgIpc) is 2.98. The Hall–Kier alpha value is -2.19. The molecule has 146 valence electrons. The highest BCUT2D eigenvalue weighted by atomic mass is 16.6. The number of ether oxygens (including phenoxy) is 2. The number of esters is 1. The molecule has 1 atom stereocenters. The molecule has 3 saturated heterocycles. The van der Waals surface area contributed by atoms with Crippen LogP contribution in [0.15, 0.2) is 18.3 Å². The molecule has 1 aromatic heterocycles. The summed E-state index contributed by atoms with van der Waals surface area (Å²) in [6.45, 7) is 5.62. The van der Waals surface area contributed by atoms with E-state index in [1.54, 1.807) is 6.07 Å². The molecular weight excluding hydrogens is 348 g/mol. The van der Waals surface area contributed by atoms with Crippen LogP contribution in [-0.4, -0.2) is 73.8 Å². The van der Waals surface area contributed by atoms with Gasteiger partial charge in [-0.15, -0.1) is 0 Å². The van der Waals surface area contributed by atoms with E-state index in [4.69, 9.17) is 15.2 Å². The number of anilines is 1. The topological polar surface area (TPSA) is 98.0 Å². The maximum atomic E-state index is 12.6. The molecule has 1 spiro atoms. The quantitative estimate of drug-likeness (QED) is 0.763. The monoisotopic (exact) mass is 374 g/mol. The molecule has 0 bridgehead atoms. The first kappa shape index (κ1) is 18.2. The number of nitrogens with zero attached hydrogens (tertiary/aromatic N) is 3. The van der Waals surface area contributed by atoms with Gasteiger partial charge < -0.3 is 20.1 Å². The molecule has 4 rings (SSSR count). The van der Waals surface area contributed by atoms with E-state index in [0.717, 1.165) is 71.0 Å². The molecule has 4 heterocycles. The minimum absolute atomic E-state index is 0.0184. The fourth-order valence-electron chi connectivity index (χ4n) is 4.30. The van der Waals surface area contributed by atoms with Gasteiger partial charge in [0.15, 0.2) is 0 Å². The lowest BCUT2D eigenvalue weighted by molar-refractivity contribution is -0.150. The van der Waals surface area contributed by atoms with Crippen LogP contribution in [0.1, 0.15) is 29.6 Å². The normalized spacial score (nSPS) is 25.6. The van der Waals surface area contributed by atoms with Crippen molar-refractivity contribution in [3.8, 4) is 0 Å². The zero-order valence-corrected chi connectivity index (χ0v) is 15.4. The summed E-state index contributed by atoms with van der Waals surface area (Å²) in [7, 11) is 0. The summed E-state index contributed by atoms with van der Waals surface area (Å²) < 4.78 is 11.1. The summed E-state index contributed by atoms with van der Waals surface area (Å²) in [6, 6.07) is 3.50. The molecule has 2 N–H and O–H groups in total. The number of rotatable bonds is 4. The first-order valence-corrected chi connectivity index (χ1v) is 9.58. The van der Waals surface area contributed by atoms with Crippen LogP contribution >= 0.6 is 0 Å². The molecule has 3 fully saturated rings. The smallest absolute Gasteiger partial charge is 0.312 e. The molecule has 0 aromatic carbocycles. The van der Waals surface area contributed by atoms with Gasteiger partial charge in [-0.1, -0.05) is 0 Å². The SMILES string of the molecule is NC(=O)c1ccc(N2CCC3(CC2)CC(CN2CCOCC2)OC3=O)nc1. The molecule has 0 aliphatic carbocycles. The number of carbonyl (C=O) groups is 2. The number of amides is 1. The van der Waals surface area contributed by atoms with Crippen molar-refractivity contribution in [3.63, 3.8) is 0 Å². The number of hydrogen-bond donors (Lipinski definition) is 1. The molecule has 3 aliphatic rings. The number of hydrogen-bond acceptors (Lipinski definition) is 7. The van der Waals surface area contributed by atoms with Gasteiger partial charge in [-0.2, -0.15) is 0 Å². The minimum atomic E-state index is -0.480. The van der Waals surface area contributed by atoms with E-state index < -0.39 is 5.91 Å². The standard InChI is InChI=1S/C19H26N4O4/c20-17(24)14-1-2-16(21-12-14)23-5-3-19(4-6-23)11-15(27-18(19)25)13-22-7-9-26-10-8-22/h1-2,12,15H,3-11,13H2,(H2,20,24). The van der Waals surface area contributed by atoms with Crippen molar-refractivity contribution in [2.24, 2.45) is 11.1 Å². The fraction of sp³-hybridized carbons (Fsp3) is 0.632. The van der Waals surface area contributed by atoms with Crippen molar-refractivity contribution in [2.75, 3.05) is 50.8 Å². The second-order valence-electron chi connectivity index (χ2n) is 7.68. The molecule has 8 heteroatoms. The Morgan fingerprint density at radius 2 is 1.96 bits per heavy atom. The van der Waals surface area contributed by atoms with E-state index in [9.17, 15) is 9.59 Å². The number of cyclic esters (lactones) is 1. The third kappa shape index (κ3) is 3.77. The predicted molar refractivity (Wildman–Crippen MR) is 98.4 cm³/mol. The zero-order valence-electron chi connectivity index (χ0n) is 15.4. The van der Waals surface area contributed by atoms with Crippen molar-refractivity contribution in [3.05, 3.63) is 23.9 Å². The molecule has 0 saturated carbocycles. The predicted octanol–water partition coefficient (Wildman–Crippen LogP) is 0.415. The molecule has 1 amide bonds. The second kappa shape index (κ2) is 7.44. The lowest BCUT2D eigenvalue weighted by atomic mass is 9.76. The number of primary amides is 1. The van der Waals surface area contributed by atoms with Gasteiger partial charge in [-0.25, -0.2) is 4.98 Å². The average molecular weight is 374 g/mol. The Labute approximate surface area is 158 Å². The first-order valence-electron chi connectivity index (χ1n) is 9.58. The molecule has 3 aliphatic heterocycles. The summed E-state index contributed by atoms with van der Waals surface area (Å²) in [5.74, 6) is 0.287. The molecule has 0 radical (unpaired) electrons. The summed E-state index contributed by atoms with van der Waals surface area (Å²) in [5.41, 5.74) is 5.30. The number of aromatic nitrogens is 1. The van der Waals surface area contributed by atoms with Crippen LogP contribution in [0.25, 0.3) is 0 Å². The van der Waals surface area contributed by atoms with Crippen LogP contribution in [0.5, 0.6) is 0 Å². The van der Waals surface area contributed by atoms with Crippen LogP contribution in [0.4, 0.5) is 5.82 Å². The summed E-state index contributed by atoms with van der Waals surface area (Å²) in [6.07, 6.45) is 3.82. The third-order valence-electron chi connectivity index (χ3n) is 5.97. The second-order valence-corrected chi connectivity index (χ2v) is 7.68. The zero-order chi connectivity index (χ0) is 18.9. The van der Waals surface area contributed by atoms with Crippen molar-refractivity contribution in [1.29, 1.82) is 0 Å².